The first kappa shape index (κ1) is 15.6. The molecule has 0 aliphatic carbocycles. The molecule has 0 radical (unpaired) electrons. The molecule has 0 saturated carbocycles. The van der Waals surface area contributed by atoms with E-state index in [9.17, 15) is 9.00 Å². The van der Waals surface area contributed by atoms with Gasteiger partial charge in [-0.15, -0.1) is 0 Å². The van der Waals surface area contributed by atoms with Gasteiger partial charge in [0.05, 0.1) is 0 Å². The number of Topliss-reactive ketones (excluding diaryl/α,β-unsaturated/α-hetero) is 1. The minimum absolute atomic E-state index is 0.128. The van der Waals surface area contributed by atoms with Crippen LogP contribution in [0.1, 0.15) is 34.3 Å². The Morgan fingerprint density at radius 2 is 1.67 bits per heavy atom. The van der Waals surface area contributed by atoms with Gasteiger partial charge in [0.25, 0.3) is 0 Å². The van der Waals surface area contributed by atoms with Gasteiger partial charge in [-0.1, -0.05) is 54.6 Å². The molecule has 2 nitrogen and oxygen atoms in total. The zero-order chi connectivity index (χ0) is 15.1. The van der Waals surface area contributed by atoms with Crippen LogP contribution in [0.25, 0.3) is 0 Å². The first-order chi connectivity index (χ1) is 10.2. The molecular formula is C18H20O2S. The number of carbonyl (C=O) groups is 1. The van der Waals surface area contributed by atoms with E-state index in [1.165, 1.54) is 5.56 Å². The summed E-state index contributed by atoms with van der Waals surface area (Å²) in [6.45, 7) is 2.03. The topological polar surface area (TPSA) is 34.1 Å². The summed E-state index contributed by atoms with van der Waals surface area (Å²) < 4.78 is 12.1. The van der Waals surface area contributed by atoms with Crippen molar-refractivity contribution in [2.75, 3.05) is 5.75 Å². The summed E-state index contributed by atoms with van der Waals surface area (Å²) >= 11 is 0. The van der Waals surface area contributed by atoms with Crippen LogP contribution in [0.2, 0.25) is 0 Å². The Balaban J connectivity index is 1.77. The van der Waals surface area contributed by atoms with Crippen LogP contribution in [-0.2, 0) is 16.6 Å². The molecular weight excluding hydrogens is 280 g/mol. The van der Waals surface area contributed by atoms with Crippen LogP contribution >= 0.6 is 0 Å². The molecule has 3 heteroatoms. The second kappa shape index (κ2) is 7.89. The molecule has 0 fully saturated rings. The number of ketones is 1. The Hall–Kier alpha value is -1.74. The zero-order valence-electron chi connectivity index (χ0n) is 12.2. The standard InChI is InChI=1S/C18H20O2S/c1-15-8-5-6-11-17(15)14-21(20)13-7-12-18(19)16-9-3-2-4-10-16/h2-6,8-11H,7,12-14H2,1H3. The number of benzene rings is 2. The van der Waals surface area contributed by atoms with Crippen molar-refractivity contribution in [3.8, 4) is 0 Å². The Labute approximate surface area is 128 Å². The molecule has 1 atom stereocenters. The van der Waals surface area contributed by atoms with E-state index in [0.717, 1.165) is 11.1 Å². The summed E-state index contributed by atoms with van der Waals surface area (Å²) in [5, 5.41) is 0. The van der Waals surface area contributed by atoms with Gasteiger partial charge < -0.3 is 0 Å². The van der Waals surface area contributed by atoms with Gasteiger partial charge >= 0.3 is 0 Å². The van der Waals surface area contributed by atoms with Gasteiger partial charge in [0, 0.05) is 34.3 Å². The van der Waals surface area contributed by atoms with E-state index in [2.05, 4.69) is 0 Å². The van der Waals surface area contributed by atoms with Crippen molar-refractivity contribution < 1.29 is 9.00 Å². The van der Waals surface area contributed by atoms with Crippen molar-refractivity contribution in [2.45, 2.75) is 25.5 Å². The van der Waals surface area contributed by atoms with Gasteiger partial charge in [-0.25, -0.2) is 0 Å². The van der Waals surface area contributed by atoms with Crippen LogP contribution in [0.5, 0.6) is 0 Å². The van der Waals surface area contributed by atoms with Crippen LogP contribution in [0.15, 0.2) is 54.6 Å². The molecule has 2 rings (SSSR count). The molecule has 0 heterocycles. The molecule has 0 N–H and O–H groups in total. The van der Waals surface area contributed by atoms with E-state index in [1.807, 2.05) is 61.5 Å². The Bertz CT molecular complexity index is 620. The van der Waals surface area contributed by atoms with E-state index < -0.39 is 10.8 Å². The minimum Gasteiger partial charge on any atom is -0.294 e. The highest BCUT2D eigenvalue weighted by atomic mass is 32.2. The van der Waals surface area contributed by atoms with Crippen LogP contribution in [0.3, 0.4) is 0 Å². The predicted molar refractivity (Wildman–Crippen MR) is 87.9 cm³/mol. The molecule has 21 heavy (non-hydrogen) atoms. The maximum Gasteiger partial charge on any atom is 0.162 e. The summed E-state index contributed by atoms with van der Waals surface area (Å²) in [6.07, 6.45) is 1.13. The van der Waals surface area contributed by atoms with Crippen molar-refractivity contribution in [2.24, 2.45) is 0 Å². The van der Waals surface area contributed by atoms with E-state index in [0.29, 0.717) is 24.3 Å². The molecule has 1 unspecified atom stereocenters. The first-order valence-corrected chi connectivity index (χ1v) is 8.63. The monoisotopic (exact) mass is 300 g/mol. The third-order valence-electron chi connectivity index (χ3n) is 3.45. The maximum atomic E-state index is 12.1. The lowest BCUT2D eigenvalue weighted by Gasteiger charge is -2.05. The third kappa shape index (κ3) is 4.94. The molecule has 0 amide bonds. The van der Waals surface area contributed by atoms with Gasteiger partial charge in [-0.05, 0) is 24.5 Å². The lowest BCUT2D eigenvalue weighted by molar-refractivity contribution is 0.0982. The van der Waals surface area contributed by atoms with Crippen LogP contribution < -0.4 is 0 Å². The Morgan fingerprint density at radius 3 is 2.38 bits per heavy atom. The second-order valence-corrected chi connectivity index (χ2v) is 6.68. The second-order valence-electron chi connectivity index (χ2n) is 5.11. The average molecular weight is 300 g/mol. The fourth-order valence-electron chi connectivity index (χ4n) is 2.18. The largest absolute Gasteiger partial charge is 0.294 e. The lowest BCUT2D eigenvalue weighted by Crippen LogP contribution is -2.05. The normalized spacial score (nSPS) is 12.0. The van der Waals surface area contributed by atoms with Gasteiger partial charge in [0.2, 0.25) is 0 Å². The summed E-state index contributed by atoms with van der Waals surface area (Å²) in [5.74, 6) is 1.28. The average Bonchev–Trinajstić information content (AvgIpc) is 2.50. The zero-order valence-corrected chi connectivity index (χ0v) is 13.1. The molecule has 0 bridgehead atoms. The smallest absolute Gasteiger partial charge is 0.162 e. The quantitative estimate of drug-likeness (QED) is 0.727. The van der Waals surface area contributed by atoms with Crippen LogP contribution in [0.4, 0.5) is 0 Å². The van der Waals surface area contributed by atoms with E-state index in [1.54, 1.807) is 0 Å². The number of hydrogen-bond donors (Lipinski definition) is 0. The van der Waals surface area contributed by atoms with Crippen molar-refractivity contribution in [3.63, 3.8) is 0 Å². The van der Waals surface area contributed by atoms with Crippen LogP contribution in [-0.4, -0.2) is 15.7 Å². The van der Waals surface area contributed by atoms with Crippen molar-refractivity contribution in [1.82, 2.24) is 0 Å². The first-order valence-electron chi connectivity index (χ1n) is 7.14. The minimum atomic E-state index is -0.906. The highest BCUT2D eigenvalue weighted by Crippen LogP contribution is 2.11. The molecule has 0 saturated heterocycles. The highest BCUT2D eigenvalue weighted by molar-refractivity contribution is 7.84. The molecule has 0 aromatic heterocycles. The van der Waals surface area contributed by atoms with Crippen LogP contribution in [0, 0.1) is 6.92 Å². The lowest BCUT2D eigenvalue weighted by atomic mass is 10.1. The van der Waals surface area contributed by atoms with E-state index >= 15 is 0 Å². The van der Waals surface area contributed by atoms with E-state index in [-0.39, 0.29) is 5.78 Å². The van der Waals surface area contributed by atoms with Crippen molar-refractivity contribution >= 4 is 16.6 Å². The number of carbonyl (C=O) groups excluding carboxylic acids is 1. The molecule has 110 valence electrons. The fraction of sp³-hybridized carbons (Fsp3) is 0.278. The molecule has 0 aliphatic rings. The maximum absolute atomic E-state index is 12.1. The number of rotatable bonds is 7. The molecule has 0 spiro atoms. The van der Waals surface area contributed by atoms with Gasteiger partial charge in [0.1, 0.15) is 0 Å². The summed E-state index contributed by atoms with van der Waals surface area (Å²) in [4.78, 5) is 11.9. The van der Waals surface area contributed by atoms with Gasteiger partial charge in [-0.2, -0.15) is 0 Å². The molecule has 0 aliphatic heterocycles. The van der Waals surface area contributed by atoms with Gasteiger partial charge in [-0.3, -0.25) is 9.00 Å². The Morgan fingerprint density at radius 1 is 1.00 bits per heavy atom. The predicted octanol–water partition coefficient (Wildman–Crippen LogP) is 3.91. The SMILES string of the molecule is Cc1ccccc1CS(=O)CCCC(=O)c1ccccc1. The van der Waals surface area contributed by atoms with Crippen molar-refractivity contribution in [1.29, 1.82) is 0 Å². The summed E-state index contributed by atoms with van der Waals surface area (Å²) in [5.41, 5.74) is 3.04. The fourth-order valence-corrected chi connectivity index (χ4v) is 3.46. The number of aryl methyl sites for hydroxylation is 1. The van der Waals surface area contributed by atoms with E-state index in [4.69, 9.17) is 0 Å². The highest BCUT2D eigenvalue weighted by Gasteiger charge is 2.08. The summed E-state index contributed by atoms with van der Waals surface area (Å²) in [6, 6.07) is 17.3. The van der Waals surface area contributed by atoms with Gasteiger partial charge in [0.15, 0.2) is 5.78 Å². The Kier molecular flexibility index (Phi) is 5.88. The molecule has 2 aromatic carbocycles. The van der Waals surface area contributed by atoms with Crippen molar-refractivity contribution in [3.05, 3.63) is 71.3 Å². The number of hydrogen-bond acceptors (Lipinski definition) is 2. The summed E-state index contributed by atoms with van der Waals surface area (Å²) in [7, 11) is -0.906. The molecule has 2 aromatic rings. The third-order valence-corrected chi connectivity index (χ3v) is 4.83.